The first-order chi connectivity index (χ1) is 8.66. The van der Waals surface area contributed by atoms with Crippen molar-refractivity contribution in [2.45, 2.75) is 19.5 Å². The SMILES string of the molecule is C[C@@H](NCc1cccc(F)c1)c1ccccc1Cl. The van der Waals surface area contributed by atoms with E-state index in [1.54, 1.807) is 6.07 Å². The van der Waals surface area contributed by atoms with Crippen LogP contribution in [0.1, 0.15) is 24.1 Å². The van der Waals surface area contributed by atoms with Crippen molar-refractivity contribution in [2.24, 2.45) is 0 Å². The summed E-state index contributed by atoms with van der Waals surface area (Å²) >= 11 is 6.13. The minimum atomic E-state index is -0.209. The highest BCUT2D eigenvalue weighted by atomic mass is 35.5. The summed E-state index contributed by atoms with van der Waals surface area (Å²) in [4.78, 5) is 0. The highest BCUT2D eigenvalue weighted by molar-refractivity contribution is 6.31. The summed E-state index contributed by atoms with van der Waals surface area (Å²) < 4.78 is 13.0. The molecule has 2 aromatic rings. The van der Waals surface area contributed by atoms with Crippen LogP contribution in [0.3, 0.4) is 0 Å². The Bertz CT molecular complexity index is 527. The number of rotatable bonds is 4. The molecule has 0 bridgehead atoms. The van der Waals surface area contributed by atoms with Crippen LogP contribution >= 0.6 is 11.6 Å². The van der Waals surface area contributed by atoms with E-state index < -0.39 is 0 Å². The van der Waals surface area contributed by atoms with E-state index in [1.807, 2.05) is 37.3 Å². The average molecular weight is 264 g/mol. The van der Waals surface area contributed by atoms with Gasteiger partial charge in [-0.3, -0.25) is 0 Å². The summed E-state index contributed by atoms with van der Waals surface area (Å²) in [6.07, 6.45) is 0. The lowest BCUT2D eigenvalue weighted by Gasteiger charge is -2.15. The molecule has 0 saturated carbocycles. The smallest absolute Gasteiger partial charge is 0.123 e. The van der Waals surface area contributed by atoms with E-state index in [-0.39, 0.29) is 11.9 Å². The molecular formula is C15H15ClFN. The molecule has 0 unspecified atom stereocenters. The van der Waals surface area contributed by atoms with Crippen molar-refractivity contribution >= 4 is 11.6 Å². The third-order valence-corrected chi connectivity index (χ3v) is 3.22. The van der Waals surface area contributed by atoms with Crippen molar-refractivity contribution in [2.75, 3.05) is 0 Å². The molecule has 1 N–H and O–H groups in total. The van der Waals surface area contributed by atoms with Crippen LogP contribution in [0.4, 0.5) is 4.39 Å². The summed E-state index contributed by atoms with van der Waals surface area (Å²) in [5, 5.41) is 4.08. The molecule has 94 valence electrons. The summed E-state index contributed by atoms with van der Waals surface area (Å²) in [5.74, 6) is -0.209. The second-order valence-corrected chi connectivity index (χ2v) is 4.66. The van der Waals surface area contributed by atoms with Crippen molar-refractivity contribution in [3.8, 4) is 0 Å². The molecule has 2 rings (SSSR count). The number of hydrogen-bond donors (Lipinski definition) is 1. The van der Waals surface area contributed by atoms with E-state index in [0.717, 1.165) is 16.1 Å². The number of halogens is 2. The zero-order chi connectivity index (χ0) is 13.0. The van der Waals surface area contributed by atoms with Crippen LogP contribution < -0.4 is 5.32 Å². The van der Waals surface area contributed by atoms with Crippen LogP contribution in [0.25, 0.3) is 0 Å². The molecule has 0 aromatic heterocycles. The Hall–Kier alpha value is -1.38. The van der Waals surface area contributed by atoms with Gasteiger partial charge in [-0.05, 0) is 36.2 Å². The molecule has 0 aliphatic carbocycles. The number of benzene rings is 2. The second-order valence-electron chi connectivity index (χ2n) is 4.25. The highest BCUT2D eigenvalue weighted by Crippen LogP contribution is 2.22. The molecule has 0 fully saturated rings. The summed E-state index contributed by atoms with van der Waals surface area (Å²) in [6, 6.07) is 14.5. The van der Waals surface area contributed by atoms with E-state index in [9.17, 15) is 4.39 Å². The minimum Gasteiger partial charge on any atom is -0.306 e. The Labute approximate surface area is 112 Å². The quantitative estimate of drug-likeness (QED) is 0.866. The maximum absolute atomic E-state index is 13.0. The van der Waals surface area contributed by atoms with Gasteiger partial charge in [0.15, 0.2) is 0 Å². The van der Waals surface area contributed by atoms with E-state index in [0.29, 0.717) is 6.54 Å². The van der Waals surface area contributed by atoms with Gasteiger partial charge in [-0.15, -0.1) is 0 Å². The molecule has 0 radical (unpaired) electrons. The lowest BCUT2D eigenvalue weighted by molar-refractivity contribution is 0.569. The van der Waals surface area contributed by atoms with Gasteiger partial charge in [-0.2, -0.15) is 0 Å². The van der Waals surface area contributed by atoms with Gasteiger partial charge in [0.05, 0.1) is 0 Å². The van der Waals surface area contributed by atoms with Crippen LogP contribution in [0.2, 0.25) is 5.02 Å². The lowest BCUT2D eigenvalue weighted by atomic mass is 10.1. The predicted molar refractivity (Wildman–Crippen MR) is 73.1 cm³/mol. The highest BCUT2D eigenvalue weighted by Gasteiger charge is 2.08. The van der Waals surface area contributed by atoms with Gasteiger partial charge in [0, 0.05) is 17.6 Å². The van der Waals surface area contributed by atoms with E-state index in [1.165, 1.54) is 12.1 Å². The van der Waals surface area contributed by atoms with Gasteiger partial charge in [0.1, 0.15) is 5.82 Å². The van der Waals surface area contributed by atoms with Crippen molar-refractivity contribution in [1.29, 1.82) is 0 Å². The van der Waals surface area contributed by atoms with Crippen LogP contribution in [-0.4, -0.2) is 0 Å². The predicted octanol–water partition coefficient (Wildman–Crippen LogP) is 4.33. The molecule has 0 heterocycles. The monoisotopic (exact) mass is 263 g/mol. The fourth-order valence-electron chi connectivity index (χ4n) is 1.85. The standard InChI is InChI=1S/C15H15ClFN/c1-11(14-7-2-3-8-15(14)16)18-10-12-5-4-6-13(17)9-12/h2-9,11,18H,10H2,1H3/t11-/m1/s1. The van der Waals surface area contributed by atoms with Crippen LogP contribution in [0.15, 0.2) is 48.5 Å². The zero-order valence-electron chi connectivity index (χ0n) is 10.2. The van der Waals surface area contributed by atoms with Gasteiger partial charge in [-0.1, -0.05) is 41.9 Å². The second kappa shape index (κ2) is 5.98. The van der Waals surface area contributed by atoms with Gasteiger partial charge in [0.2, 0.25) is 0 Å². The molecule has 0 amide bonds. The number of nitrogens with one attached hydrogen (secondary N) is 1. The minimum absolute atomic E-state index is 0.127. The first-order valence-electron chi connectivity index (χ1n) is 5.89. The molecule has 3 heteroatoms. The largest absolute Gasteiger partial charge is 0.306 e. The molecule has 1 nitrogen and oxygen atoms in total. The summed E-state index contributed by atoms with van der Waals surface area (Å²) in [7, 11) is 0. The average Bonchev–Trinajstić information content (AvgIpc) is 2.37. The van der Waals surface area contributed by atoms with E-state index in [2.05, 4.69) is 5.32 Å². The van der Waals surface area contributed by atoms with Gasteiger partial charge in [0.25, 0.3) is 0 Å². The van der Waals surface area contributed by atoms with Crippen LogP contribution in [-0.2, 0) is 6.54 Å². The Morgan fingerprint density at radius 1 is 1.17 bits per heavy atom. The molecule has 1 atom stereocenters. The fourth-order valence-corrected chi connectivity index (χ4v) is 2.15. The van der Waals surface area contributed by atoms with Gasteiger partial charge < -0.3 is 5.32 Å². The van der Waals surface area contributed by atoms with Crippen molar-refractivity contribution in [3.05, 3.63) is 70.5 Å². The summed E-state index contributed by atoms with van der Waals surface area (Å²) in [5.41, 5.74) is 1.98. The van der Waals surface area contributed by atoms with Gasteiger partial charge >= 0.3 is 0 Å². The Balaban J connectivity index is 2.00. The normalized spacial score (nSPS) is 12.4. The maximum atomic E-state index is 13.0. The van der Waals surface area contributed by atoms with Crippen molar-refractivity contribution in [3.63, 3.8) is 0 Å². The molecule has 0 aliphatic heterocycles. The Morgan fingerprint density at radius 3 is 2.67 bits per heavy atom. The first kappa shape index (κ1) is 13.1. The van der Waals surface area contributed by atoms with Gasteiger partial charge in [-0.25, -0.2) is 4.39 Å². The van der Waals surface area contributed by atoms with Crippen LogP contribution in [0, 0.1) is 5.82 Å². The third-order valence-electron chi connectivity index (χ3n) is 2.87. The Kier molecular flexibility index (Phi) is 4.34. The zero-order valence-corrected chi connectivity index (χ0v) is 10.9. The van der Waals surface area contributed by atoms with Crippen molar-refractivity contribution in [1.82, 2.24) is 5.32 Å². The van der Waals surface area contributed by atoms with E-state index in [4.69, 9.17) is 11.6 Å². The molecule has 18 heavy (non-hydrogen) atoms. The molecule has 0 saturated heterocycles. The maximum Gasteiger partial charge on any atom is 0.123 e. The fraction of sp³-hybridized carbons (Fsp3) is 0.200. The molecule has 2 aromatic carbocycles. The summed E-state index contributed by atoms with van der Waals surface area (Å²) in [6.45, 7) is 2.66. The van der Waals surface area contributed by atoms with E-state index >= 15 is 0 Å². The van der Waals surface area contributed by atoms with Crippen molar-refractivity contribution < 1.29 is 4.39 Å². The topological polar surface area (TPSA) is 12.0 Å². The first-order valence-corrected chi connectivity index (χ1v) is 6.27. The number of hydrogen-bond acceptors (Lipinski definition) is 1. The Morgan fingerprint density at radius 2 is 1.94 bits per heavy atom. The molecule has 0 aliphatic rings. The van der Waals surface area contributed by atoms with Crippen LogP contribution in [0.5, 0.6) is 0 Å². The molecule has 0 spiro atoms. The molecular weight excluding hydrogens is 249 g/mol. The lowest BCUT2D eigenvalue weighted by Crippen LogP contribution is -2.18. The third kappa shape index (κ3) is 3.31.